The zero-order valence-corrected chi connectivity index (χ0v) is 16.4. The minimum atomic E-state index is -2.88. The van der Waals surface area contributed by atoms with Crippen LogP contribution in [0.5, 0.6) is 5.75 Å². The molecular formula is C19H23F2N3O3S. The van der Waals surface area contributed by atoms with Gasteiger partial charge in [0.15, 0.2) is 0 Å². The van der Waals surface area contributed by atoms with E-state index < -0.39 is 12.7 Å². The molecule has 28 heavy (non-hydrogen) atoms. The Morgan fingerprint density at radius 2 is 2.18 bits per heavy atom. The van der Waals surface area contributed by atoms with E-state index in [0.717, 1.165) is 6.42 Å². The predicted octanol–water partition coefficient (Wildman–Crippen LogP) is 2.44. The summed E-state index contributed by atoms with van der Waals surface area (Å²) in [6, 6.07) is 6.15. The summed E-state index contributed by atoms with van der Waals surface area (Å²) in [6.07, 6.45) is 1.98. The summed E-state index contributed by atoms with van der Waals surface area (Å²) in [5.41, 5.74) is 0.596. The smallest absolute Gasteiger partial charge is 0.387 e. The van der Waals surface area contributed by atoms with Gasteiger partial charge in [-0.25, -0.2) is 0 Å². The van der Waals surface area contributed by atoms with Gasteiger partial charge >= 0.3 is 6.61 Å². The molecule has 9 heteroatoms. The van der Waals surface area contributed by atoms with Gasteiger partial charge in [-0.3, -0.25) is 9.59 Å². The maximum absolute atomic E-state index is 12.8. The molecule has 0 radical (unpaired) electrons. The number of nitrogens with one attached hydrogen (secondary N) is 1. The van der Waals surface area contributed by atoms with Crippen LogP contribution in [-0.4, -0.2) is 59.1 Å². The molecular weight excluding hydrogens is 388 g/mol. The molecule has 152 valence electrons. The van der Waals surface area contributed by atoms with Crippen LogP contribution in [-0.2, 0) is 9.59 Å². The van der Waals surface area contributed by atoms with Gasteiger partial charge in [-0.05, 0) is 31.9 Å². The normalized spacial score (nSPS) is 29.5. The molecule has 0 saturated carbocycles. The first-order valence-electron chi connectivity index (χ1n) is 9.43. The van der Waals surface area contributed by atoms with E-state index in [4.69, 9.17) is 0 Å². The van der Waals surface area contributed by atoms with E-state index >= 15 is 0 Å². The van der Waals surface area contributed by atoms with Crippen molar-refractivity contribution in [2.24, 2.45) is 0 Å². The second-order valence-corrected chi connectivity index (χ2v) is 9.05. The fourth-order valence-electron chi connectivity index (χ4n) is 4.32. The van der Waals surface area contributed by atoms with Gasteiger partial charge < -0.3 is 19.9 Å². The lowest BCUT2D eigenvalue weighted by atomic mass is 10.2. The number of hydrogen-bond acceptors (Lipinski definition) is 5. The monoisotopic (exact) mass is 411 g/mol. The summed E-state index contributed by atoms with van der Waals surface area (Å²) in [7, 11) is 0. The van der Waals surface area contributed by atoms with E-state index in [1.807, 2.05) is 11.8 Å². The Hall–Kier alpha value is -2.03. The van der Waals surface area contributed by atoms with Crippen LogP contribution in [0.4, 0.5) is 14.5 Å². The number of carbonyl (C=O) groups is 2. The van der Waals surface area contributed by atoms with Crippen LogP contribution in [0.2, 0.25) is 0 Å². The Morgan fingerprint density at radius 1 is 1.39 bits per heavy atom. The van der Waals surface area contributed by atoms with Crippen LogP contribution in [0, 0.1) is 0 Å². The Kier molecular flexibility index (Phi) is 5.11. The lowest BCUT2D eigenvalue weighted by molar-refractivity contribution is -0.138. The molecule has 3 fully saturated rings. The summed E-state index contributed by atoms with van der Waals surface area (Å²) >= 11 is 1.66. The molecule has 4 rings (SSSR count). The molecule has 3 unspecified atom stereocenters. The average Bonchev–Trinajstić information content (AvgIpc) is 3.31. The number of amides is 2. The molecule has 3 atom stereocenters. The molecule has 6 nitrogen and oxygen atoms in total. The predicted molar refractivity (Wildman–Crippen MR) is 103 cm³/mol. The number of alkyl halides is 2. The van der Waals surface area contributed by atoms with Crippen molar-refractivity contribution in [3.05, 3.63) is 24.3 Å². The van der Waals surface area contributed by atoms with Gasteiger partial charge in [-0.1, -0.05) is 12.1 Å². The molecule has 3 aliphatic heterocycles. The highest BCUT2D eigenvalue weighted by atomic mass is 32.2. The standard InChI is InChI=1S/C19H23F2N3O3S/c1-19-8-6-16(25)24(19)14(11-28-19)17(26)22-12-7-9-23(10-12)13-4-2-3-5-15(13)27-18(20)21/h2-5,12,14,18H,6-11H2,1H3,(H,22,26). The first-order chi connectivity index (χ1) is 13.4. The number of nitrogens with zero attached hydrogens (tertiary/aromatic N) is 2. The van der Waals surface area contributed by atoms with Crippen LogP contribution in [0.25, 0.3) is 0 Å². The zero-order valence-electron chi connectivity index (χ0n) is 15.6. The molecule has 0 bridgehead atoms. The van der Waals surface area contributed by atoms with Crippen molar-refractivity contribution >= 4 is 29.3 Å². The molecule has 1 N–H and O–H groups in total. The molecule has 0 aromatic heterocycles. The molecule has 3 aliphatic rings. The van der Waals surface area contributed by atoms with Gasteiger partial charge in [0.2, 0.25) is 11.8 Å². The van der Waals surface area contributed by atoms with Crippen molar-refractivity contribution in [1.82, 2.24) is 10.2 Å². The number of benzene rings is 1. The summed E-state index contributed by atoms with van der Waals surface area (Å²) in [6.45, 7) is 0.286. The van der Waals surface area contributed by atoms with Crippen molar-refractivity contribution in [3.8, 4) is 5.75 Å². The Labute approximate surface area is 166 Å². The van der Waals surface area contributed by atoms with Gasteiger partial charge in [0.05, 0.1) is 10.6 Å². The third kappa shape index (κ3) is 3.52. The molecule has 1 aromatic carbocycles. The highest BCUT2D eigenvalue weighted by Gasteiger charge is 2.53. The summed E-state index contributed by atoms with van der Waals surface area (Å²) in [4.78, 5) is 28.5. The van der Waals surface area contributed by atoms with E-state index in [-0.39, 0.29) is 28.5 Å². The number of carbonyl (C=O) groups excluding carboxylic acids is 2. The van der Waals surface area contributed by atoms with Gasteiger partial charge in [-0.2, -0.15) is 8.78 Å². The fourth-order valence-corrected chi connectivity index (χ4v) is 5.75. The fraction of sp³-hybridized carbons (Fsp3) is 0.579. The zero-order chi connectivity index (χ0) is 19.9. The molecule has 3 saturated heterocycles. The Bertz CT molecular complexity index is 781. The van der Waals surface area contributed by atoms with Gasteiger partial charge in [-0.15, -0.1) is 11.8 Å². The first-order valence-corrected chi connectivity index (χ1v) is 10.4. The quantitative estimate of drug-likeness (QED) is 0.807. The van der Waals surface area contributed by atoms with Crippen molar-refractivity contribution in [2.75, 3.05) is 23.7 Å². The van der Waals surface area contributed by atoms with E-state index in [9.17, 15) is 18.4 Å². The summed E-state index contributed by atoms with van der Waals surface area (Å²) in [5, 5.41) is 3.05. The Balaban J connectivity index is 1.39. The Morgan fingerprint density at radius 3 is 2.96 bits per heavy atom. The van der Waals surface area contributed by atoms with Crippen molar-refractivity contribution in [1.29, 1.82) is 0 Å². The van der Waals surface area contributed by atoms with Gasteiger partial charge in [0, 0.05) is 31.3 Å². The van der Waals surface area contributed by atoms with Crippen LogP contribution < -0.4 is 15.0 Å². The maximum Gasteiger partial charge on any atom is 0.387 e. The van der Waals surface area contributed by atoms with Crippen molar-refractivity contribution < 1.29 is 23.1 Å². The largest absolute Gasteiger partial charge is 0.433 e. The lowest BCUT2D eigenvalue weighted by Gasteiger charge is -2.30. The number of fused-ring (bicyclic) bond motifs is 1. The van der Waals surface area contributed by atoms with Gasteiger partial charge in [0.1, 0.15) is 11.8 Å². The SMILES string of the molecule is CC12CCC(=O)N1C(C(=O)NC1CCN(c3ccccc3OC(F)F)C1)CS2. The number of rotatable bonds is 5. The highest BCUT2D eigenvalue weighted by Crippen LogP contribution is 2.47. The van der Waals surface area contributed by atoms with Crippen molar-refractivity contribution in [2.45, 2.75) is 49.8 Å². The number of para-hydroxylation sites is 2. The second-order valence-electron chi connectivity index (χ2n) is 7.55. The minimum absolute atomic E-state index is 0.0405. The maximum atomic E-state index is 12.8. The molecule has 1 aromatic rings. The molecule has 2 amide bonds. The van der Waals surface area contributed by atoms with E-state index in [0.29, 0.717) is 37.4 Å². The van der Waals surface area contributed by atoms with E-state index in [1.165, 1.54) is 6.07 Å². The highest BCUT2D eigenvalue weighted by molar-refractivity contribution is 8.01. The topological polar surface area (TPSA) is 61.9 Å². The van der Waals surface area contributed by atoms with Crippen molar-refractivity contribution in [3.63, 3.8) is 0 Å². The number of anilines is 1. The molecule has 3 heterocycles. The van der Waals surface area contributed by atoms with Crippen LogP contribution in [0.3, 0.4) is 0 Å². The minimum Gasteiger partial charge on any atom is -0.433 e. The number of halogens is 2. The van der Waals surface area contributed by atoms with Crippen LogP contribution in [0.15, 0.2) is 24.3 Å². The third-order valence-electron chi connectivity index (χ3n) is 5.70. The second kappa shape index (κ2) is 7.42. The first kappa shape index (κ1) is 19.3. The summed E-state index contributed by atoms with van der Waals surface area (Å²) in [5.74, 6) is 0.652. The molecule has 0 spiro atoms. The van der Waals surface area contributed by atoms with E-state index in [2.05, 4.69) is 10.1 Å². The van der Waals surface area contributed by atoms with Gasteiger partial charge in [0.25, 0.3) is 0 Å². The third-order valence-corrected chi connectivity index (χ3v) is 7.21. The summed E-state index contributed by atoms with van der Waals surface area (Å²) < 4.78 is 29.9. The van der Waals surface area contributed by atoms with Crippen LogP contribution >= 0.6 is 11.8 Å². The number of thioether (sulfide) groups is 1. The lowest BCUT2D eigenvalue weighted by Crippen LogP contribution is -2.52. The van der Waals surface area contributed by atoms with E-state index in [1.54, 1.807) is 34.9 Å². The number of hydrogen-bond donors (Lipinski definition) is 1. The average molecular weight is 411 g/mol. The number of ether oxygens (including phenoxy) is 1. The van der Waals surface area contributed by atoms with Crippen LogP contribution in [0.1, 0.15) is 26.2 Å². The molecule has 0 aliphatic carbocycles.